The Hall–Kier alpha value is -2.28. The molecule has 6 heteroatoms. The Balaban J connectivity index is 1.69. The maximum atomic E-state index is 13.5. The van der Waals surface area contributed by atoms with Crippen LogP contribution in [0.15, 0.2) is 58.4 Å². The molecular weight excluding hydrogens is 474 g/mol. The molecule has 0 saturated heterocycles. The van der Waals surface area contributed by atoms with E-state index in [-0.39, 0.29) is 12.2 Å². The smallest absolute Gasteiger partial charge is 0.264 e. The number of Topliss-reactive ketones (excluding diaryl/α,β-unsaturated/α-hetero) is 1. The van der Waals surface area contributed by atoms with Crippen LogP contribution < -0.4 is 4.90 Å². The van der Waals surface area contributed by atoms with Gasteiger partial charge in [-0.1, -0.05) is 50.2 Å². The highest BCUT2D eigenvalue weighted by Gasteiger charge is 2.50. The Kier molecular flexibility index (Phi) is 5.90. The molecule has 1 aromatic heterocycles. The number of carbonyl (C=O) groups excluding carboxylic acids is 2. The summed E-state index contributed by atoms with van der Waals surface area (Å²) in [6, 6.07) is 17.0. The molecule has 31 heavy (non-hydrogen) atoms. The molecule has 0 saturated carbocycles. The molecule has 1 aliphatic rings. The molecule has 1 unspecified atom stereocenters. The lowest BCUT2D eigenvalue weighted by molar-refractivity contribution is -0.136. The average molecular weight is 498 g/mol. The first kappa shape index (κ1) is 21.9. The fourth-order valence-electron chi connectivity index (χ4n) is 4.01. The fraction of sp³-hybridized carbons (Fsp3) is 0.280. The van der Waals surface area contributed by atoms with Crippen molar-refractivity contribution in [3.8, 4) is 0 Å². The zero-order valence-corrected chi connectivity index (χ0v) is 20.1. The van der Waals surface area contributed by atoms with Gasteiger partial charge in [0, 0.05) is 5.56 Å². The maximum absolute atomic E-state index is 13.5. The molecule has 1 amide bonds. The number of hydrogen-bond donors (Lipinski definition) is 1. The van der Waals surface area contributed by atoms with Crippen molar-refractivity contribution in [2.45, 2.75) is 45.3 Å². The van der Waals surface area contributed by atoms with Crippen molar-refractivity contribution in [2.75, 3.05) is 4.90 Å². The Morgan fingerprint density at radius 1 is 1.16 bits per heavy atom. The Morgan fingerprint density at radius 3 is 2.58 bits per heavy atom. The van der Waals surface area contributed by atoms with Gasteiger partial charge in [-0.3, -0.25) is 9.59 Å². The number of para-hydroxylation sites is 1. The third-order valence-electron chi connectivity index (χ3n) is 5.87. The summed E-state index contributed by atoms with van der Waals surface area (Å²) in [7, 11) is 0. The van der Waals surface area contributed by atoms with Crippen LogP contribution in [0, 0.1) is 6.92 Å². The van der Waals surface area contributed by atoms with Gasteiger partial charge in [0.15, 0.2) is 11.4 Å². The number of amides is 1. The minimum atomic E-state index is -1.87. The van der Waals surface area contributed by atoms with Crippen molar-refractivity contribution in [1.82, 2.24) is 0 Å². The van der Waals surface area contributed by atoms with E-state index in [1.54, 1.807) is 29.2 Å². The van der Waals surface area contributed by atoms with Crippen LogP contribution in [0.5, 0.6) is 0 Å². The molecule has 1 N–H and O–H groups in total. The molecule has 1 aliphatic heterocycles. The van der Waals surface area contributed by atoms with Crippen molar-refractivity contribution in [1.29, 1.82) is 0 Å². The highest BCUT2D eigenvalue weighted by molar-refractivity contribution is 9.11. The summed E-state index contributed by atoms with van der Waals surface area (Å²) in [5.41, 5.74) is 2.60. The molecular formula is C25H24BrNO3S. The third-order valence-corrected chi connectivity index (χ3v) is 7.54. The van der Waals surface area contributed by atoms with E-state index in [9.17, 15) is 14.7 Å². The summed E-state index contributed by atoms with van der Waals surface area (Å²) in [5.74, 6) is -0.325. The number of ketones is 1. The quantitative estimate of drug-likeness (QED) is 0.428. The second-order valence-electron chi connectivity index (χ2n) is 8.31. The predicted octanol–water partition coefficient (Wildman–Crippen LogP) is 5.95. The molecule has 4 rings (SSSR count). The fourth-order valence-corrected chi connectivity index (χ4v) is 5.33. The van der Waals surface area contributed by atoms with E-state index in [1.807, 2.05) is 19.1 Å². The zero-order valence-electron chi connectivity index (χ0n) is 17.7. The van der Waals surface area contributed by atoms with E-state index in [0.717, 1.165) is 14.9 Å². The van der Waals surface area contributed by atoms with Crippen LogP contribution in [0.3, 0.4) is 0 Å². The maximum Gasteiger partial charge on any atom is 0.264 e. The molecule has 0 aliphatic carbocycles. The second-order valence-corrected chi connectivity index (χ2v) is 10.8. The van der Waals surface area contributed by atoms with Gasteiger partial charge in [-0.25, -0.2) is 0 Å². The van der Waals surface area contributed by atoms with Crippen LogP contribution in [0.1, 0.15) is 58.1 Å². The molecule has 0 fully saturated rings. The lowest BCUT2D eigenvalue weighted by Crippen LogP contribution is -2.41. The summed E-state index contributed by atoms with van der Waals surface area (Å²) >= 11 is 4.66. The number of carbonyl (C=O) groups is 2. The number of thiophene rings is 1. The number of benzene rings is 2. The van der Waals surface area contributed by atoms with E-state index >= 15 is 0 Å². The molecule has 160 valence electrons. The topological polar surface area (TPSA) is 57.6 Å². The van der Waals surface area contributed by atoms with Gasteiger partial charge in [0.1, 0.15) is 0 Å². The molecule has 2 heterocycles. The van der Waals surface area contributed by atoms with E-state index in [4.69, 9.17) is 0 Å². The number of aryl methyl sites for hydroxylation is 1. The molecule has 0 radical (unpaired) electrons. The first-order valence-corrected chi connectivity index (χ1v) is 11.8. The van der Waals surface area contributed by atoms with E-state index in [2.05, 4.69) is 48.0 Å². The number of aliphatic hydroxyl groups is 1. The van der Waals surface area contributed by atoms with Crippen molar-refractivity contribution < 1.29 is 14.7 Å². The largest absolute Gasteiger partial charge is 0.375 e. The molecule has 0 spiro atoms. The van der Waals surface area contributed by atoms with Crippen molar-refractivity contribution >= 4 is 44.6 Å². The lowest BCUT2D eigenvalue weighted by Gasteiger charge is -2.23. The number of halogens is 1. The minimum absolute atomic E-state index is 0.249. The van der Waals surface area contributed by atoms with E-state index < -0.39 is 11.5 Å². The van der Waals surface area contributed by atoms with Crippen LogP contribution in [-0.2, 0) is 16.9 Å². The molecule has 3 aromatic rings. The van der Waals surface area contributed by atoms with Gasteiger partial charge in [-0.05, 0) is 63.7 Å². The average Bonchev–Trinajstić information content (AvgIpc) is 3.26. The second kappa shape index (κ2) is 8.34. The highest BCUT2D eigenvalue weighted by Crippen LogP contribution is 2.44. The van der Waals surface area contributed by atoms with Gasteiger partial charge < -0.3 is 10.0 Å². The summed E-state index contributed by atoms with van der Waals surface area (Å²) in [6.07, 6.45) is -0.280. The predicted molar refractivity (Wildman–Crippen MR) is 128 cm³/mol. The Labute approximate surface area is 194 Å². The van der Waals surface area contributed by atoms with Gasteiger partial charge >= 0.3 is 0 Å². The van der Waals surface area contributed by atoms with Crippen LogP contribution in [0.25, 0.3) is 0 Å². The Bertz CT molecular complexity index is 1170. The highest BCUT2D eigenvalue weighted by atomic mass is 79.9. The van der Waals surface area contributed by atoms with Crippen molar-refractivity contribution in [3.63, 3.8) is 0 Å². The van der Waals surface area contributed by atoms with Crippen molar-refractivity contribution in [2.24, 2.45) is 0 Å². The van der Waals surface area contributed by atoms with Gasteiger partial charge in [-0.15, -0.1) is 11.3 Å². The van der Waals surface area contributed by atoms with E-state index in [1.165, 1.54) is 16.9 Å². The summed E-state index contributed by atoms with van der Waals surface area (Å²) in [4.78, 5) is 28.5. The van der Waals surface area contributed by atoms with E-state index in [0.29, 0.717) is 28.6 Å². The van der Waals surface area contributed by atoms with Gasteiger partial charge in [0.05, 0.1) is 27.3 Å². The Morgan fingerprint density at radius 2 is 1.90 bits per heavy atom. The van der Waals surface area contributed by atoms with Crippen LogP contribution in [0.2, 0.25) is 0 Å². The monoisotopic (exact) mass is 497 g/mol. The van der Waals surface area contributed by atoms with Crippen molar-refractivity contribution in [3.05, 3.63) is 85.5 Å². The molecule has 0 bridgehead atoms. The summed E-state index contributed by atoms with van der Waals surface area (Å²) in [5, 5.41) is 11.5. The molecule has 1 atom stereocenters. The number of anilines is 1. The number of rotatable bonds is 6. The normalized spacial score (nSPS) is 18.0. The first-order valence-electron chi connectivity index (χ1n) is 10.2. The third kappa shape index (κ3) is 4.00. The first-order chi connectivity index (χ1) is 14.7. The van der Waals surface area contributed by atoms with Crippen LogP contribution in [-0.4, -0.2) is 16.8 Å². The SMILES string of the molecule is Cc1ccc(C(C)C)cc1CN1C(=O)C(O)(CC(=O)c2ccc(Br)s2)c2ccccc21. The minimum Gasteiger partial charge on any atom is -0.375 e. The lowest BCUT2D eigenvalue weighted by atomic mass is 9.89. The molecule has 2 aromatic carbocycles. The summed E-state index contributed by atoms with van der Waals surface area (Å²) in [6.45, 7) is 6.65. The number of nitrogens with zero attached hydrogens (tertiary/aromatic N) is 1. The number of fused-ring (bicyclic) bond motifs is 1. The standard InChI is InChI=1S/C25H24BrNO3S/c1-15(2)17-9-8-16(3)18(12-17)14-27-20-7-5-4-6-19(20)25(30,24(27)29)13-21(28)22-10-11-23(26)31-22/h4-12,15,30H,13-14H2,1-3H3. The zero-order chi connectivity index (χ0) is 22.3. The van der Waals surface area contributed by atoms with Crippen LogP contribution >= 0.6 is 27.3 Å². The van der Waals surface area contributed by atoms with Gasteiger partial charge in [0.25, 0.3) is 5.91 Å². The number of hydrogen-bond acceptors (Lipinski definition) is 4. The molecule has 4 nitrogen and oxygen atoms in total. The summed E-state index contributed by atoms with van der Waals surface area (Å²) < 4.78 is 0.836. The van der Waals surface area contributed by atoms with Crippen LogP contribution in [0.4, 0.5) is 5.69 Å². The van der Waals surface area contributed by atoms with Gasteiger partial charge in [0.2, 0.25) is 0 Å². The van der Waals surface area contributed by atoms with Gasteiger partial charge in [-0.2, -0.15) is 0 Å².